The predicted octanol–water partition coefficient (Wildman–Crippen LogP) is 1.99. The fraction of sp³-hybridized carbons (Fsp3) is 0.375. The Balaban J connectivity index is 1.52. The van der Waals surface area contributed by atoms with E-state index in [-0.39, 0.29) is 17.7 Å². The summed E-state index contributed by atoms with van der Waals surface area (Å²) in [5.74, 6) is 0.108. The maximum Gasteiger partial charge on any atom is 0.290 e. The van der Waals surface area contributed by atoms with Gasteiger partial charge in [0.15, 0.2) is 0 Å². The molecule has 110 valence electrons. The molecule has 1 fully saturated rings. The van der Waals surface area contributed by atoms with Crippen molar-refractivity contribution in [1.82, 2.24) is 15.4 Å². The third-order valence-corrected chi connectivity index (χ3v) is 3.71. The Morgan fingerprint density at radius 2 is 2.24 bits per heavy atom. The minimum Gasteiger partial charge on any atom is -0.351 e. The average Bonchev–Trinajstić information content (AvgIpc) is 3.09. The molecule has 0 aliphatic carbocycles. The van der Waals surface area contributed by atoms with Gasteiger partial charge < -0.3 is 9.84 Å². The van der Waals surface area contributed by atoms with Crippen molar-refractivity contribution in [1.29, 1.82) is 0 Å². The van der Waals surface area contributed by atoms with Gasteiger partial charge in [-0.25, -0.2) is 0 Å². The Bertz CT molecular complexity index is 609. The van der Waals surface area contributed by atoms with Crippen molar-refractivity contribution in [3.05, 3.63) is 53.4 Å². The van der Waals surface area contributed by atoms with Crippen molar-refractivity contribution >= 4 is 5.91 Å². The van der Waals surface area contributed by atoms with Gasteiger partial charge in [0.1, 0.15) is 0 Å². The van der Waals surface area contributed by atoms with E-state index >= 15 is 0 Å². The molecule has 0 unspecified atom stereocenters. The average molecular weight is 285 g/mol. The molecule has 1 aliphatic rings. The second kappa shape index (κ2) is 6.10. The SMILES string of the molecule is Cc1cc(C(=O)N[C@H]2CCN(Cc3ccccc3)C2)on1. The molecule has 5 nitrogen and oxygen atoms in total. The zero-order valence-electron chi connectivity index (χ0n) is 12.1. The number of hydrogen-bond donors (Lipinski definition) is 1. The van der Waals surface area contributed by atoms with Crippen molar-refractivity contribution < 1.29 is 9.32 Å². The van der Waals surface area contributed by atoms with E-state index in [2.05, 4.69) is 39.6 Å². The molecule has 1 N–H and O–H groups in total. The zero-order chi connectivity index (χ0) is 14.7. The van der Waals surface area contributed by atoms with Crippen LogP contribution >= 0.6 is 0 Å². The number of benzene rings is 1. The maximum atomic E-state index is 12.0. The van der Waals surface area contributed by atoms with E-state index < -0.39 is 0 Å². The number of nitrogens with zero attached hydrogens (tertiary/aromatic N) is 2. The minimum atomic E-state index is -0.179. The van der Waals surface area contributed by atoms with Gasteiger partial charge in [0.2, 0.25) is 5.76 Å². The van der Waals surface area contributed by atoms with Crippen LogP contribution in [0.25, 0.3) is 0 Å². The molecular formula is C16H19N3O2. The largest absolute Gasteiger partial charge is 0.351 e. The van der Waals surface area contributed by atoms with Gasteiger partial charge >= 0.3 is 0 Å². The summed E-state index contributed by atoms with van der Waals surface area (Å²) in [6.07, 6.45) is 0.964. The summed E-state index contributed by atoms with van der Waals surface area (Å²) in [7, 11) is 0. The predicted molar refractivity (Wildman–Crippen MR) is 78.8 cm³/mol. The molecule has 3 rings (SSSR count). The number of carbonyl (C=O) groups excluding carboxylic acids is 1. The van der Waals surface area contributed by atoms with E-state index in [4.69, 9.17) is 4.52 Å². The summed E-state index contributed by atoms with van der Waals surface area (Å²) >= 11 is 0. The van der Waals surface area contributed by atoms with Gasteiger partial charge in [0, 0.05) is 31.7 Å². The third kappa shape index (κ3) is 3.49. The van der Waals surface area contributed by atoms with E-state index in [1.807, 2.05) is 6.07 Å². The van der Waals surface area contributed by atoms with Crippen LogP contribution in [0.4, 0.5) is 0 Å². The Morgan fingerprint density at radius 1 is 1.43 bits per heavy atom. The topological polar surface area (TPSA) is 58.4 Å². The van der Waals surface area contributed by atoms with E-state index in [0.29, 0.717) is 0 Å². The van der Waals surface area contributed by atoms with E-state index in [1.165, 1.54) is 5.56 Å². The van der Waals surface area contributed by atoms with Crippen LogP contribution in [0.1, 0.15) is 28.2 Å². The summed E-state index contributed by atoms with van der Waals surface area (Å²) in [5.41, 5.74) is 2.02. The van der Waals surface area contributed by atoms with Crippen molar-refractivity contribution in [3.8, 4) is 0 Å². The van der Waals surface area contributed by atoms with Gasteiger partial charge in [-0.2, -0.15) is 0 Å². The fourth-order valence-corrected chi connectivity index (χ4v) is 2.66. The van der Waals surface area contributed by atoms with Gasteiger partial charge in [0.25, 0.3) is 5.91 Å². The van der Waals surface area contributed by atoms with Crippen molar-refractivity contribution in [2.75, 3.05) is 13.1 Å². The number of amides is 1. The summed E-state index contributed by atoms with van der Waals surface area (Å²) in [6.45, 7) is 4.59. The number of hydrogen-bond acceptors (Lipinski definition) is 4. The standard InChI is InChI=1S/C16H19N3O2/c1-12-9-15(21-18-12)16(20)17-14-7-8-19(11-14)10-13-5-3-2-4-6-13/h2-6,9,14H,7-8,10-11H2,1H3,(H,17,20)/t14-/m0/s1. The first kappa shape index (κ1) is 13.8. The van der Waals surface area contributed by atoms with Crippen molar-refractivity contribution in [2.45, 2.75) is 25.9 Å². The van der Waals surface area contributed by atoms with Crippen LogP contribution in [0.3, 0.4) is 0 Å². The summed E-state index contributed by atoms with van der Waals surface area (Å²) in [5, 5.41) is 6.75. The molecule has 1 aromatic heterocycles. The number of aromatic nitrogens is 1. The lowest BCUT2D eigenvalue weighted by atomic mass is 10.2. The third-order valence-electron chi connectivity index (χ3n) is 3.71. The summed E-state index contributed by atoms with van der Waals surface area (Å²) < 4.78 is 4.98. The lowest BCUT2D eigenvalue weighted by Gasteiger charge is -2.16. The van der Waals surface area contributed by atoms with Gasteiger partial charge in [-0.3, -0.25) is 9.69 Å². The molecule has 1 aliphatic heterocycles. The van der Waals surface area contributed by atoms with Crippen molar-refractivity contribution in [3.63, 3.8) is 0 Å². The van der Waals surface area contributed by atoms with Crippen LogP contribution in [0.2, 0.25) is 0 Å². The zero-order valence-corrected chi connectivity index (χ0v) is 12.1. The molecule has 1 atom stereocenters. The van der Waals surface area contributed by atoms with E-state index in [1.54, 1.807) is 13.0 Å². The Hall–Kier alpha value is -2.14. The molecule has 21 heavy (non-hydrogen) atoms. The monoisotopic (exact) mass is 285 g/mol. The smallest absolute Gasteiger partial charge is 0.290 e. The first-order valence-corrected chi connectivity index (χ1v) is 7.21. The number of carbonyl (C=O) groups is 1. The fourth-order valence-electron chi connectivity index (χ4n) is 2.66. The van der Waals surface area contributed by atoms with Crippen LogP contribution in [-0.4, -0.2) is 35.1 Å². The first-order valence-electron chi connectivity index (χ1n) is 7.21. The second-order valence-electron chi connectivity index (χ2n) is 5.51. The van der Waals surface area contributed by atoms with Crippen LogP contribution in [0.15, 0.2) is 40.9 Å². The molecule has 0 saturated carbocycles. The number of likely N-dealkylation sites (tertiary alicyclic amines) is 1. The maximum absolute atomic E-state index is 12.0. The van der Waals surface area contributed by atoms with E-state index in [9.17, 15) is 4.79 Å². The normalized spacial score (nSPS) is 18.8. The molecule has 2 aromatic rings. The number of aryl methyl sites for hydroxylation is 1. The highest BCUT2D eigenvalue weighted by Crippen LogP contribution is 2.14. The molecule has 2 heterocycles. The van der Waals surface area contributed by atoms with Gasteiger partial charge in [0.05, 0.1) is 5.69 Å². The van der Waals surface area contributed by atoms with Gasteiger partial charge in [-0.1, -0.05) is 35.5 Å². The molecule has 0 radical (unpaired) electrons. The Kier molecular flexibility index (Phi) is 4.01. The molecular weight excluding hydrogens is 266 g/mol. The first-order chi connectivity index (χ1) is 10.2. The highest BCUT2D eigenvalue weighted by molar-refractivity contribution is 5.91. The van der Waals surface area contributed by atoms with E-state index in [0.717, 1.165) is 31.7 Å². The molecule has 0 spiro atoms. The highest BCUT2D eigenvalue weighted by atomic mass is 16.5. The molecule has 0 bridgehead atoms. The van der Waals surface area contributed by atoms with Gasteiger partial charge in [-0.15, -0.1) is 0 Å². The molecule has 1 amide bonds. The molecule has 5 heteroatoms. The Labute approximate surface area is 123 Å². The van der Waals surface area contributed by atoms with Crippen LogP contribution in [-0.2, 0) is 6.54 Å². The minimum absolute atomic E-state index is 0.173. The second-order valence-corrected chi connectivity index (χ2v) is 5.51. The highest BCUT2D eigenvalue weighted by Gasteiger charge is 2.25. The quantitative estimate of drug-likeness (QED) is 0.933. The molecule has 1 saturated heterocycles. The lowest BCUT2D eigenvalue weighted by molar-refractivity contribution is 0.0900. The summed E-state index contributed by atoms with van der Waals surface area (Å²) in [4.78, 5) is 14.4. The van der Waals surface area contributed by atoms with Gasteiger partial charge in [-0.05, 0) is 18.9 Å². The molecule has 1 aromatic carbocycles. The lowest BCUT2D eigenvalue weighted by Crippen LogP contribution is -2.36. The van der Waals surface area contributed by atoms with Crippen molar-refractivity contribution in [2.24, 2.45) is 0 Å². The van der Waals surface area contributed by atoms with Crippen LogP contribution in [0, 0.1) is 6.92 Å². The Morgan fingerprint density at radius 3 is 2.95 bits per heavy atom. The van der Waals surface area contributed by atoms with Crippen LogP contribution < -0.4 is 5.32 Å². The number of rotatable bonds is 4. The summed E-state index contributed by atoms with van der Waals surface area (Å²) in [6, 6.07) is 12.2. The van der Waals surface area contributed by atoms with Crippen LogP contribution in [0.5, 0.6) is 0 Å². The number of nitrogens with one attached hydrogen (secondary N) is 1.